The summed E-state index contributed by atoms with van der Waals surface area (Å²) in [6.07, 6.45) is -3.10. The minimum Gasteiger partial charge on any atom is -0.321 e. The summed E-state index contributed by atoms with van der Waals surface area (Å²) in [6, 6.07) is 5.40. The van der Waals surface area contributed by atoms with Gasteiger partial charge in [-0.1, -0.05) is 6.07 Å². The topological polar surface area (TPSA) is 61.0 Å². The number of benzene rings is 1. The van der Waals surface area contributed by atoms with Gasteiger partial charge in [-0.2, -0.15) is 18.3 Å². The molecule has 8 heteroatoms. The maximum Gasteiger partial charge on any atom is 0.420 e. The van der Waals surface area contributed by atoms with Crippen LogP contribution >= 0.6 is 0 Å². The third-order valence-electron chi connectivity index (χ3n) is 3.84. The molecule has 2 aromatic rings. The smallest absolute Gasteiger partial charge is 0.321 e. The number of amides is 1. The summed E-state index contributed by atoms with van der Waals surface area (Å²) < 4.78 is 38.4. The number of hydrogen-bond donors (Lipinski definition) is 2. The molecule has 1 aromatic carbocycles. The quantitative estimate of drug-likeness (QED) is 0.893. The summed E-state index contributed by atoms with van der Waals surface area (Å²) in [5.74, 6) is -0.862. The van der Waals surface area contributed by atoms with E-state index in [9.17, 15) is 18.0 Å². The largest absolute Gasteiger partial charge is 0.420 e. The Morgan fingerprint density at radius 1 is 1.35 bits per heavy atom. The van der Waals surface area contributed by atoms with Gasteiger partial charge in [-0.3, -0.25) is 9.89 Å². The van der Waals surface area contributed by atoms with Crippen molar-refractivity contribution in [2.45, 2.75) is 19.1 Å². The average molecular weight is 324 g/mol. The number of fused-ring (bicyclic) bond motifs is 1. The molecule has 0 radical (unpaired) electrons. The average Bonchev–Trinajstić information content (AvgIpc) is 2.96. The molecule has 1 aromatic heterocycles. The number of alkyl halides is 3. The lowest BCUT2D eigenvalue weighted by Crippen LogP contribution is -2.26. The first-order chi connectivity index (χ1) is 10.8. The second kappa shape index (κ2) is 5.69. The summed E-state index contributed by atoms with van der Waals surface area (Å²) in [6.45, 7) is 1.71. The minimum atomic E-state index is -4.63. The van der Waals surface area contributed by atoms with Crippen LogP contribution in [0.4, 0.5) is 18.9 Å². The molecule has 0 saturated heterocycles. The van der Waals surface area contributed by atoms with Gasteiger partial charge < -0.3 is 10.2 Å². The van der Waals surface area contributed by atoms with Crippen LogP contribution in [0.1, 0.15) is 27.2 Å². The molecule has 0 bridgehead atoms. The van der Waals surface area contributed by atoms with Crippen LogP contribution in [0.5, 0.6) is 0 Å². The molecule has 0 atom stereocenters. The maximum absolute atomic E-state index is 12.8. The van der Waals surface area contributed by atoms with E-state index in [0.29, 0.717) is 11.9 Å². The molecule has 0 aliphatic carbocycles. The molecule has 122 valence electrons. The van der Waals surface area contributed by atoms with Crippen LogP contribution in [-0.4, -0.2) is 34.6 Å². The number of aromatic nitrogens is 2. The third-order valence-corrected chi connectivity index (χ3v) is 3.84. The molecule has 0 spiro atoms. The highest BCUT2D eigenvalue weighted by atomic mass is 19.4. The number of H-pyrrole nitrogens is 1. The molecule has 23 heavy (non-hydrogen) atoms. The number of nitrogens with zero attached hydrogens (tertiary/aromatic N) is 2. The first-order valence-electron chi connectivity index (χ1n) is 7.07. The molecule has 1 amide bonds. The van der Waals surface area contributed by atoms with Crippen molar-refractivity contribution in [3.63, 3.8) is 0 Å². The minimum absolute atomic E-state index is 0.465. The molecule has 5 nitrogen and oxygen atoms in total. The van der Waals surface area contributed by atoms with E-state index in [2.05, 4.69) is 20.4 Å². The summed E-state index contributed by atoms with van der Waals surface area (Å²) in [5, 5.41) is 7.92. The van der Waals surface area contributed by atoms with Gasteiger partial charge in [-0.05, 0) is 36.7 Å². The predicted octanol–water partition coefficient (Wildman–Crippen LogP) is 2.67. The van der Waals surface area contributed by atoms with E-state index in [1.165, 1.54) is 5.56 Å². The molecule has 0 fully saturated rings. The zero-order valence-corrected chi connectivity index (χ0v) is 12.4. The number of likely N-dealkylation sites (N-methyl/N-ethyl adjacent to an activating group) is 1. The molecule has 1 aliphatic rings. The van der Waals surface area contributed by atoms with Crippen LogP contribution in [0.3, 0.4) is 0 Å². The predicted molar refractivity (Wildman–Crippen MR) is 78.0 cm³/mol. The Bertz CT molecular complexity index is 739. The highest BCUT2D eigenvalue weighted by Gasteiger charge is 2.37. The van der Waals surface area contributed by atoms with E-state index in [0.717, 1.165) is 25.1 Å². The second-order valence-electron chi connectivity index (χ2n) is 5.58. The van der Waals surface area contributed by atoms with Crippen molar-refractivity contribution in [1.82, 2.24) is 15.1 Å². The summed E-state index contributed by atoms with van der Waals surface area (Å²) in [7, 11) is 1.99. The van der Waals surface area contributed by atoms with E-state index >= 15 is 0 Å². The van der Waals surface area contributed by atoms with Crippen LogP contribution in [0.25, 0.3) is 0 Å². The Labute approximate surface area is 130 Å². The molecular weight excluding hydrogens is 309 g/mol. The van der Waals surface area contributed by atoms with Gasteiger partial charge in [0.15, 0.2) is 0 Å². The number of aromatic amines is 1. The highest BCUT2D eigenvalue weighted by Crippen LogP contribution is 2.31. The van der Waals surface area contributed by atoms with Crippen LogP contribution in [0.2, 0.25) is 0 Å². The molecule has 1 aliphatic heterocycles. The fourth-order valence-electron chi connectivity index (χ4n) is 2.64. The standard InChI is InChI=1S/C15H15F3N4O/c1-22-5-4-9-2-3-11(6-10(9)8-22)20-14(23)13-12(7-19-21-13)15(16,17)18/h2-3,6-7H,4-5,8H2,1H3,(H,19,21)(H,20,23). The van der Waals surface area contributed by atoms with Crippen LogP contribution in [0, 0.1) is 0 Å². The third kappa shape index (κ3) is 3.21. The van der Waals surface area contributed by atoms with Gasteiger partial charge in [0.05, 0.1) is 6.20 Å². The molecular formula is C15H15F3N4O. The molecule has 0 saturated carbocycles. The number of halogens is 3. The molecule has 3 rings (SSSR count). The Kier molecular flexibility index (Phi) is 3.85. The normalized spacial score (nSPS) is 15.3. The van der Waals surface area contributed by atoms with Crippen molar-refractivity contribution >= 4 is 11.6 Å². The Morgan fingerprint density at radius 2 is 2.13 bits per heavy atom. The number of carbonyl (C=O) groups is 1. The van der Waals surface area contributed by atoms with Crippen molar-refractivity contribution in [1.29, 1.82) is 0 Å². The zero-order chi connectivity index (χ0) is 16.6. The van der Waals surface area contributed by atoms with Gasteiger partial charge in [0.1, 0.15) is 11.3 Å². The number of rotatable bonds is 2. The van der Waals surface area contributed by atoms with E-state index in [1.54, 1.807) is 12.1 Å². The van der Waals surface area contributed by atoms with Crippen molar-refractivity contribution in [3.8, 4) is 0 Å². The van der Waals surface area contributed by atoms with E-state index in [4.69, 9.17) is 0 Å². The molecule has 2 heterocycles. The fraction of sp³-hybridized carbons (Fsp3) is 0.333. The molecule has 2 N–H and O–H groups in total. The summed E-state index contributed by atoms with van der Waals surface area (Å²) >= 11 is 0. The lowest BCUT2D eigenvalue weighted by atomic mass is 9.99. The molecule has 0 unspecified atom stereocenters. The fourth-order valence-corrected chi connectivity index (χ4v) is 2.64. The summed E-state index contributed by atoms with van der Waals surface area (Å²) in [5.41, 5.74) is 1.06. The Morgan fingerprint density at radius 3 is 2.87 bits per heavy atom. The first-order valence-corrected chi connectivity index (χ1v) is 7.07. The maximum atomic E-state index is 12.8. The number of anilines is 1. The van der Waals surface area contributed by atoms with E-state index < -0.39 is 23.3 Å². The number of carbonyl (C=O) groups excluding carboxylic acids is 1. The van der Waals surface area contributed by atoms with Gasteiger partial charge in [0, 0.05) is 18.8 Å². The number of nitrogens with one attached hydrogen (secondary N) is 2. The second-order valence-corrected chi connectivity index (χ2v) is 5.58. The van der Waals surface area contributed by atoms with Crippen LogP contribution in [0.15, 0.2) is 24.4 Å². The van der Waals surface area contributed by atoms with Crippen molar-refractivity contribution in [2.24, 2.45) is 0 Å². The lowest BCUT2D eigenvalue weighted by molar-refractivity contribution is -0.137. The van der Waals surface area contributed by atoms with Gasteiger partial charge >= 0.3 is 6.18 Å². The van der Waals surface area contributed by atoms with Crippen molar-refractivity contribution in [2.75, 3.05) is 18.9 Å². The van der Waals surface area contributed by atoms with Crippen molar-refractivity contribution < 1.29 is 18.0 Å². The van der Waals surface area contributed by atoms with Crippen molar-refractivity contribution in [3.05, 3.63) is 46.8 Å². The van der Waals surface area contributed by atoms with Gasteiger partial charge in [0.25, 0.3) is 5.91 Å². The first kappa shape index (κ1) is 15.5. The van der Waals surface area contributed by atoms with Gasteiger partial charge in [0.2, 0.25) is 0 Å². The number of hydrogen-bond acceptors (Lipinski definition) is 3. The van der Waals surface area contributed by atoms with Crippen LogP contribution < -0.4 is 5.32 Å². The zero-order valence-electron chi connectivity index (χ0n) is 12.4. The Hall–Kier alpha value is -2.35. The van der Waals surface area contributed by atoms with E-state index in [-0.39, 0.29) is 0 Å². The highest BCUT2D eigenvalue weighted by molar-refractivity contribution is 6.04. The van der Waals surface area contributed by atoms with Crippen LogP contribution in [-0.2, 0) is 19.1 Å². The van der Waals surface area contributed by atoms with Gasteiger partial charge in [-0.25, -0.2) is 0 Å². The van der Waals surface area contributed by atoms with E-state index in [1.807, 2.05) is 13.1 Å². The monoisotopic (exact) mass is 324 g/mol. The van der Waals surface area contributed by atoms with Gasteiger partial charge in [-0.15, -0.1) is 0 Å². The summed E-state index contributed by atoms with van der Waals surface area (Å²) in [4.78, 5) is 14.2. The SMILES string of the molecule is CN1CCc2ccc(NC(=O)c3[nH]ncc3C(F)(F)F)cc2C1. The Balaban J connectivity index is 1.81. The lowest BCUT2D eigenvalue weighted by Gasteiger charge is -2.25.